The minimum Gasteiger partial charge on any atom is -0.378 e. The van der Waals surface area contributed by atoms with Crippen molar-refractivity contribution in [3.63, 3.8) is 0 Å². The fraction of sp³-hybridized carbons (Fsp3) is 0.269. The van der Waals surface area contributed by atoms with Gasteiger partial charge in [0.15, 0.2) is 5.78 Å². The molecule has 3 aromatic rings. The maximum Gasteiger partial charge on any atom is 0.243 e. The van der Waals surface area contributed by atoms with Crippen LogP contribution in [0.1, 0.15) is 28.8 Å². The highest BCUT2D eigenvalue weighted by molar-refractivity contribution is 7.89. The summed E-state index contributed by atoms with van der Waals surface area (Å²) in [5, 5.41) is 3.63. The molecule has 3 aromatic carbocycles. The Morgan fingerprint density at radius 3 is 2.18 bits per heavy atom. The molecule has 1 aliphatic rings. The predicted octanol–water partition coefficient (Wildman–Crippen LogP) is 5.28. The van der Waals surface area contributed by atoms with Crippen LogP contribution in [-0.4, -0.2) is 38.1 Å². The molecule has 1 heterocycles. The molecule has 0 amide bonds. The molecule has 1 aliphatic heterocycles. The number of rotatable bonds is 8. The molecular weight excluding hydrogens is 456 g/mol. The van der Waals surface area contributed by atoms with Crippen LogP contribution < -0.4 is 5.32 Å². The van der Waals surface area contributed by atoms with Crippen molar-refractivity contribution in [1.29, 1.82) is 0 Å². The smallest absolute Gasteiger partial charge is 0.243 e. The fourth-order valence-corrected chi connectivity index (χ4v) is 5.71. The number of nitrogens with one attached hydrogen (secondary N) is 1. The first kappa shape index (κ1) is 23.5. The van der Waals surface area contributed by atoms with Crippen molar-refractivity contribution < 1.29 is 13.2 Å². The van der Waals surface area contributed by atoms with Crippen molar-refractivity contribution in [3.05, 3.63) is 95.0 Å². The van der Waals surface area contributed by atoms with Gasteiger partial charge in [-0.3, -0.25) is 4.79 Å². The van der Waals surface area contributed by atoms with Gasteiger partial charge in [-0.05, 0) is 79.3 Å². The Balaban J connectivity index is 1.31. The zero-order valence-corrected chi connectivity index (χ0v) is 19.9. The van der Waals surface area contributed by atoms with Crippen LogP contribution in [0.25, 0.3) is 0 Å². The van der Waals surface area contributed by atoms with E-state index in [1.54, 1.807) is 52.8 Å². The highest BCUT2D eigenvalue weighted by Crippen LogP contribution is 2.26. The lowest BCUT2D eigenvalue weighted by Crippen LogP contribution is -2.38. The maximum absolute atomic E-state index is 13.1. The summed E-state index contributed by atoms with van der Waals surface area (Å²) in [6.07, 6.45) is 2.71. The van der Waals surface area contributed by atoms with Crippen molar-refractivity contribution in [3.8, 4) is 0 Å². The van der Waals surface area contributed by atoms with Gasteiger partial charge >= 0.3 is 0 Å². The number of Topliss-reactive ketones (excluding diaryl/α,β-unsaturated/α-hetero) is 1. The average Bonchev–Trinajstić information content (AvgIpc) is 2.84. The van der Waals surface area contributed by atoms with E-state index in [0.717, 1.165) is 19.3 Å². The molecular formula is C26H27ClN2O3S. The molecule has 0 aliphatic carbocycles. The minimum atomic E-state index is -3.53. The van der Waals surface area contributed by atoms with E-state index in [4.69, 9.17) is 11.6 Å². The average molecular weight is 483 g/mol. The van der Waals surface area contributed by atoms with Crippen LogP contribution in [0, 0.1) is 5.92 Å². The molecule has 1 saturated heterocycles. The Labute approximate surface area is 200 Å². The predicted molar refractivity (Wildman–Crippen MR) is 132 cm³/mol. The summed E-state index contributed by atoms with van der Waals surface area (Å²) in [7, 11) is -3.53. The molecule has 0 spiro atoms. The molecule has 1 fully saturated rings. The number of nitrogens with zero attached hydrogens (tertiary/aromatic N) is 1. The van der Waals surface area contributed by atoms with Gasteiger partial charge < -0.3 is 5.32 Å². The number of anilines is 1. The van der Waals surface area contributed by atoms with Gasteiger partial charge in [-0.2, -0.15) is 4.31 Å². The Kier molecular flexibility index (Phi) is 7.48. The van der Waals surface area contributed by atoms with Crippen LogP contribution in [0.4, 0.5) is 5.69 Å². The standard InChI is InChI=1S/C26H27ClN2O3S/c27-23-8-6-22(7-9-23)26(30)19-28-24-10-12-25(13-11-24)33(31,32)29-16-14-21(15-17-29)18-20-4-2-1-3-5-20/h1-13,21,28H,14-19H2. The van der Waals surface area contributed by atoms with E-state index in [1.807, 2.05) is 18.2 Å². The SMILES string of the molecule is O=C(CNc1ccc(S(=O)(=O)N2CCC(Cc3ccccc3)CC2)cc1)c1ccc(Cl)cc1. The third-order valence-electron chi connectivity index (χ3n) is 6.05. The van der Waals surface area contributed by atoms with E-state index in [-0.39, 0.29) is 17.2 Å². The van der Waals surface area contributed by atoms with E-state index in [2.05, 4.69) is 17.4 Å². The molecule has 0 bridgehead atoms. The normalized spacial score (nSPS) is 15.3. The lowest BCUT2D eigenvalue weighted by atomic mass is 9.91. The number of hydrogen-bond donors (Lipinski definition) is 1. The number of carbonyl (C=O) groups excluding carboxylic acids is 1. The second kappa shape index (κ2) is 10.5. The summed E-state index contributed by atoms with van der Waals surface area (Å²) in [6, 6.07) is 23.7. The summed E-state index contributed by atoms with van der Waals surface area (Å²) in [5.74, 6) is 0.436. The molecule has 4 rings (SSSR count). The lowest BCUT2D eigenvalue weighted by molar-refractivity contribution is 0.101. The Bertz CT molecular complexity index is 1170. The minimum absolute atomic E-state index is 0.0678. The third-order valence-corrected chi connectivity index (χ3v) is 8.22. The number of ketones is 1. The number of piperidine rings is 1. The van der Waals surface area contributed by atoms with E-state index >= 15 is 0 Å². The van der Waals surface area contributed by atoms with Crippen molar-refractivity contribution in [1.82, 2.24) is 4.31 Å². The van der Waals surface area contributed by atoms with Crippen LogP contribution in [0.15, 0.2) is 83.8 Å². The largest absolute Gasteiger partial charge is 0.378 e. The molecule has 0 saturated carbocycles. The van der Waals surface area contributed by atoms with E-state index in [1.165, 1.54) is 5.56 Å². The van der Waals surface area contributed by atoms with Crippen molar-refractivity contribution in [2.75, 3.05) is 25.0 Å². The van der Waals surface area contributed by atoms with Crippen LogP contribution in [0.2, 0.25) is 5.02 Å². The van der Waals surface area contributed by atoms with E-state index in [0.29, 0.717) is 35.3 Å². The fourth-order valence-electron chi connectivity index (χ4n) is 4.12. The second-order valence-corrected chi connectivity index (χ2v) is 10.7. The Hall–Kier alpha value is -2.67. The molecule has 0 unspecified atom stereocenters. The maximum atomic E-state index is 13.1. The zero-order valence-electron chi connectivity index (χ0n) is 18.3. The van der Waals surface area contributed by atoms with Gasteiger partial charge in [-0.1, -0.05) is 41.9 Å². The van der Waals surface area contributed by atoms with Gasteiger partial charge in [0.05, 0.1) is 11.4 Å². The molecule has 33 heavy (non-hydrogen) atoms. The van der Waals surface area contributed by atoms with Crippen molar-refractivity contribution in [2.45, 2.75) is 24.2 Å². The summed E-state index contributed by atoms with van der Waals surface area (Å²) >= 11 is 5.86. The summed E-state index contributed by atoms with van der Waals surface area (Å²) in [5.41, 5.74) is 2.57. The summed E-state index contributed by atoms with van der Waals surface area (Å²) in [6.45, 7) is 1.19. The second-order valence-electron chi connectivity index (χ2n) is 8.35. The summed E-state index contributed by atoms with van der Waals surface area (Å²) in [4.78, 5) is 12.6. The molecule has 0 radical (unpaired) electrons. The van der Waals surface area contributed by atoms with Crippen LogP contribution in [-0.2, 0) is 16.4 Å². The molecule has 1 N–H and O–H groups in total. The topological polar surface area (TPSA) is 66.5 Å². The summed E-state index contributed by atoms with van der Waals surface area (Å²) < 4.78 is 27.7. The van der Waals surface area contributed by atoms with E-state index in [9.17, 15) is 13.2 Å². The zero-order chi connectivity index (χ0) is 23.3. The number of sulfonamides is 1. The van der Waals surface area contributed by atoms with Gasteiger partial charge in [0, 0.05) is 29.4 Å². The molecule has 0 atom stereocenters. The van der Waals surface area contributed by atoms with E-state index < -0.39 is 10.0 Å². The van der Waals surface area contributed by atoms with Gasteiger partial charge in [0.1, 0.15) is 0 Å². The molecule has 5 nitrogen and oxygen atoms in total. The molecule has 7 heteroatoms. The van der Waals surface area contributed by atoms with Crippen molar-refractivity contribution >= 4 is 33.1 Å². The first-order valence-corrected chi connectivity index (χ1v) is 12.9. The number of halogens is 1. The monoisotopic (exact) mass is 482 g/mol. The number of hydrogen-bond acceptors (Lipinski definition) is 4. The highest BCUT2D eigenvalue weighted by Gasteiger charge is 2.29. The Morgan fingerprint density at radius 2 is 1.55 bits per heavy atom. The van der Waals surface area contributed by atoms with Gasteiger partial charge in [-0.15, -0.1) is 0 Å². The van der Waals surface area contributed by atoms with Gasteiger partial charge in [0.2, 0.25) is 10.0 Å². The third kappa shape index (κ3) is 6.02. The highest BCUT2D eigenvalue weighted by atomic mass is 35.5. The van der Waals surface area contributed by atoms with Gasteiger partial charge in [0.25, 0.3) is 0 Å². The van der Waals surface area contributed by atoms with Crippen LogP contribution in [0.3, 0.4) is 0 Å². The number of benzene rings is 3. The molecule has 0 aromatic heterocycles. The Morgan fingerprint density at radius 1 is 0.909 bits per heavy atom. The van der Waals surface area contributed by atoms with Crippen LogP contribution in [0.5, 0.6) is 0 Å². The molecule has 172 valence electrons. The first-order chi connectivity index (χ1) is 15.9. The first-order valence-electron chi connectivity index (χ1n) is 11.1. The quantitative estimate of drug-likeness (QED) is 0.444. The van der Waals surface area contributed by atoms with Crippen LogP contribution >= 0.6 is 11.6 Å². The number of carbonyl (C=O) groups is 1. The van der Waals surface area contributed by atoms with Crippen molar-refractivity contribution in [2.24, 2.45) is 5.92 Å². The van der Waals surface area contributed by atoms with Gasteiger partial charge in [-0.25, -0.2) is 8.42 Å². The lowest BCUT2D eigenvalue weighted by Gasteiger charge is -2.31.